The van der Waals surface area contributed by atoms with Crippen LogP contribution in [0.25, 0.3) is 0 Å². The lowest BCUT2D eigenvalue weighted by molar-refractivity contribution is -0.856. The number of carbonyl (C=O) groups is 1. The highest BCUT2D eigenvalue weighted by Crippen LogP contribution is 2.35. The van der Waals surface area contributed by atoms with Crippen LogP contribution >= 0.6 is 0 Å². The molecule has 0 spiro atoms. The zero-order valence-corrected chi connectivity index (χ0v) is 16.0. The van der Waals surface area contributed by atoms with Gasteiger partial charge in [0.05, 0.1) is 12.6 Å². The summed E-state index contributed by atoms with van der Waals surface area (Å²) in [6, 6.07) is 9.41. The zero-order valence-electron chi connectivity index (χ0n) is 13.9. The molecular formula is C18H28INO2. The molecule has 1 aromatic carbocycles. The van der Waals surface area contributed by atoms with Gasteiger partial charge in [-0.2, -0.15) is 0 Å². The number of hydrogen-bond acceptors (Lipinski definition) is 1. The predicted molar refractivity (Wildman–Crippen MR) is 85.1 cm³/mol. The monoisotopic (exact) mass is 417 g/mol. The normalized spacial score (nSPS) is 22.0. The molecule has 2 unspecified atom stereocenters. The van der Waals surface area contributed by atoms with E-state index >= 15 is 0 Å². The molecule has 2 atom stereocenters. The number of quaternary nitrogens is 1. The molecule has 4 heteroatoms. The molecule has 0 saturated heterocycles. The van der Waals surface area contributed by atoms with Crippen LogP contribution in [0.1, 0.15) is 58.4 Å². The maximum Gasteiger partial charge on any atom is 0.303 e. The average Bonchev–Trinajstić information content (AvgIpc) is 2.63. The fraction of sp³-hybridized carbons (Fsp3) is 0.611. The quantitative estimate of drug-likeness (QED) is 0.482. The molecule has 1 aromatic rings. The maximum absolute atomic E-state index is 10.5. The summed E-state index contributed by atoms with van der Waals surface area (Å²) in [6.07, 6.45) is 4.44. The third-order valence-electron chi connectivity index (χ3n) is 5.16. The van der Waals surface area contributed by atoms with Gasteiger partial charge < -0.3 is 29.1 Å². The zero-order chi connectivity index (χ0) is 15.5. The van der Waals surface area contributed by atoms with Crippen LogP contribution in [0.15, 0.2) is 24.3 Å². The molecule has 0 aromatic heterocycles. The van der Waals surface area contributed by atoms with Gasteiger partial charge in [-0.3, -0.25) is 9.69 Å². The highest BCUT2D eigenvalue weighted by molar-refractivity contribution is 5.66. The molecular weight excluding hydrogens is 389 g/mol. The first kappa shape index (κ1) is 19.4. The Morgan fingerprint density at radius 3 is 2.50 bits per heavy atom. The number of benzene rings is 1. The number of nitrogens with one attached hydrogen (secondary N) is 1. The Labute approximate surface area is 151 Å². The fourth-order valence-corrected chi connectivity index (χ4v) is 3.52. The first-order chi connectivity index (χ1) is 9.94. The van der Waals surface area contributed by atoms with Gasteiger partial charge in [-0.25, -0.2) is 0 Å². The third kappa shape index (κ3) is 4.22. The highest BCUT2D eigenvalue weighted by atomic mass is 127. The SMILES string of the molecule is CC1[NH+](CCCCCCC(=O)O)c2ccccc2C1(C)C.[I-]. The van der Waals surface area contributed by atoms with Gasteiger partial charge in [0, 0.05) is 17.4 Å². The summed E-state index contributed by atoms with van der Waals surface area (Å²) in [4.78, 5) is 12.1. The first-order valence-electron chi connectivity index (χ1n) is 8.12. The summed E-state index contributed by atoms with van der Waals surface area (Å²) in [6.45, 7) is 8.18. The van der Waals surface area contributed by atoms with Crippen molar-refractivity contribution in [1.82, 2.24) is 0 Å². The number of para-hydroxylation sites is 1. The van der Waals surface area contributed by atoms with Crippen molar-refractivity contribution >= 4 is 11.7 Å². The number of carboxylic acid groups (broad SMARTS) is 1. The van der Waals surface area contributed by atoms with E-state index in [9.17, 15) is 4.79 Å². The minimum Gasteiger partial charge on any atom is -1.00 e. The second kappa shape index (κ2) is 8.29. The van der Waals surface area contributed by atoms with Crippen molar-refractivity contribution in [3.05, 3.63) is 29.8 Å². The van der Waals surface area contributed by atoms with E-state index in [1.54, 1.807) is 4.90 Å². The number of fused-ring (bicyclic) bond motifs is 1. The molecule has 1 aliphatic rings. The number of unbranched alkanes of at least 4 members (excludes halogenated alkanes) is 3. The minimum atomic E-state index is -0.676. The molecule has 124 valence electrons. The standard InChI is InChI=1S/C18H27NO2.HI/c1-14-18(2,3)15-10-7-8-11-16(15)19(14)13-9-5-4-6-12-17(20)21;/h7-8,10-11,14H,4-6,9,12-13H2,1-3H3,(H,20,21);1H. The molecule has 0 fully saturated rings. The van der Waals surface area contributed by atoms with Crippen molar-refractivity contribution in [2.24, 2.45) is 0 Å². The van der Waals surface area contributed by atoms with E-state index < -0.39 is 5.97 Å². The third-order valence-corrected chi connectivity index (χ3v) is 5.16. The van der Waals surface area contributed by atoms with Crippen molar-refractivity contribution in [3.63, 3.8) is 0 Å². The minimum absolute atomic E-state index is 0. The van der Waals surface area contributed by atoms with Gasteiger partial charge in [-0.05, 0) is 46.1 Å². The molecule has 3 nitrogen and oxygen atoms in total. The summed E-state index contributed by atoms with van der Waals surface area (Å²) in [5.41, 5.74) is 3.17. The van der Waals surface area contributed by atoms with E-state index in [0.29, 0.717) is 12.5 Å². The van der Waals surface area contributed by atoms with Crippen LogP contribution in [-0.2, 0) is 10.2 Å². The van der Waals surface area contributed by atoms with E-state index in [1.165, 1.54) is 17.7 Å². The topological polar surface area (TPSA) is 41.7 Å². The molecule has 0 amide bonds. The van der Waals surface area contributed by atoms with Gasteiger partial charge >= 0.3 is 5.97 Å². The molecule has 2 rings (SSSR count). The number of rotatable bonds is 7. The molecule has 0 bridgehead atoms. The number of hydrogen-bond donors (Lipinski definition) is 2. The first-order valence-corrected chi connectivity index (χ1v) is 8.12. The smallest absolute Gasteiger partial charge is 0.303 e. The summed E-state index contributed by atoms with van der Waals surface area (Å²) in [7, 11) is 0. The summed E-state index contributed by atoms with van der Waals surface area (Å²) in [5, 5.41) is 8.64. The molecule has 22 heavy (non-hydrogen) atoms. The highest BCUT2D eigenvalue weighted by Gasteiger charge is 2.45. The van der Waals surface area contributed by atoms with E-state index in [2.05, 4.69) is 45.0 Å². The van der Waals surface area contributed by atoms with E-state index in [1.807, 2.05) is 0 Å². The van der Waals surface area contributed by atoms with Crippen LogP contribution < -0.4 is 28.9 Å². The molecule has 0 saturated carbocycles. The Bertz CT molecular complexity index is 502. The van der Waals surface area contributed by atoms with Crippen molar-refractivity contribution in [3.8, 4) is 0 Å². The average molecular weight is 417 g/mol. The van der Waals surface area contributed by atoms with Crippen LogP contribution in [0.5, 0.6) is 0 Å². The van der Waals surface area contributed by atoms with Crippen LogP contribution in [-0.4, -0.2) is 23.7 Å². The largest absolute Gasteiger partial charge is 1.00 e. The maximum atomic E-state index is 10.5. The molecule has 1 aliphatic heterocycles. The lowest BCUT2D eigenvalue weighted by Crippen LogP contribution is -3.10. The molecule has 0 radical (unpaired) electrons. The molecule has 1 heterocycles. The number of halogens is 1. The van der Waals surface area contributed by atoms with Crippen LogP contribution in [0.2, 0.25) is 0 Å². The van der Waals surface area contributed by atoms with E-state index in [-0.39, 0.29) is 29.4 Å². The molecule has 2 N–H and O–H groups in total. The fourth-order valence-electron chi connectivity index (χ4n) is 3.52. The Kier molecular flexibility index (Phi) is 7.32. The number of aliphatic carboxylic acids is 1. The second-order valence-corrected chi connectivity index (χ2v) is 6.82. The second-order valence-electron chi connectivity index (χ2n) is 6.82. The Balaban J connectivity index is 0.00000242. The predicted octanol–water partition coefficient (Wildman–Crippen LogP) is -0.0782. The van der Waals surface area contributed by atoms with Gasteiger partial charge in [-0.15, -0.1) is 0 Å². The Morgan fingerprint density at radius 1 is 1.18 bits per heavy atom. The van der Waals surface area contributed by atoms with Crippen molar-refractivity contribution < 1.29 is 38.8 Å². The van der Waals surface area contributed by atoms with Gasteiger partial charge in [0.1, 0.15) is 5.69 Å². The van der Waals surface area contributed by atoms with Crippen LogP contribution in [0, 0.1) is 0 Å². The Morgan fingerprint density at radius 2 is 1.82 bits per heavy atom. The van der Waals surface area contributed by atoms with E-state index in [0.717, 1.165) is 25.8 Å². The summed E-state index contributed by atoms with van der Waals surface area (Å²) in [5.74, 6) is -0.676. The van der Waals surface area contributed by atoms with Crippen LogP contribution in [0.3, 0.4) is 0 Å². The summed E-state index contributed by atoms with van der Waals surface area (Å²) < 4.78 is 0. The van der Waals surface area contributed by atoms with Gasteiger partial charge in [0.2, 0.25) is 0 Å². The number of carboxylic acids is 1. The Hall–Kier alpha value is -0.620. The molecule has 0 aliphatic carbocycles. The summed E-state index contributed by atoms with van der Waals surface area (Å²) >= 11 is 0. The van der Waals surface area contributed by atoms with Crippen molar-refractivity contribution in [2.75, 3.05) is 6.54 Å². The van der Waals surface area contributed by atoms with Crippen LogP contribution in [0.4, 0.5) is 5.69 Å². The lowest BCUT2D eigenvalue weighted by atomic mass is 9.81. The van der Waals surface area contributed by atoms with Crippen molar-refractivity contribution in [1.29, 1.82) is 0 Å². The van der Waals surface area contributed by atoms with Gasteiger partial charge in [0.15, 0.2) is 0 Å². The van der Waals surface area contributed by atoms with Crippen molar-refractivity contribution in [2.45, 2.75) is 64.3 Å². The van der Waals surface area contributed by atoms with Gasteiger partial charge in [-0.1, -0.05) is 24.6 Å². The van der Waals surface area contributed by atoms with Gasteiger partial charge in [0.25, 0.3) is 0 Å². The van der Waals surface area contributed by atoms with E-state index in [4.69, 9.17) is 5.11 Å². The lowest BCUT2D eigenvalue weighted by Gasteiger charge is -2.26.